The van der Waals surface area contributed by atoms with Gasteiger partial charge in [-0.2, -0.15) is 0 Å². The lowest BCUT2D eigenvalue weighted by atomic mass is 9.65. The quantitative estimate of drug-likeness (QED) is 0.672. The van der Waals surface area contributed by atoms with Crippen LogP contribution in [-0.4, -0.2) is 28.7 Å². The van der Waals surface area contributed by atoms with Crippen molar-refractivity contribution in [3.05, 3.63) is 0 Å². The van der Waals surface area contributed by atoms with E-state index in [9.17, 15) is 4.79 Å². The van der Waals surface area contributed by atoms with E-state index in [2.05, 4.69) is 4.90 Å². The fourth-order valence-electron chi connectivity index (χ4n) is 6.30. The summed E-state index contributed by atoms with van der Waals surface area (Å²) >= 11 is 0. The highest BCUT2D eigenvalue weighted by atomic mass is 16.2. The third-order valence-electron chi connectivity index (χ3n) is 7.11. The molecule has 4 fully saturated rings. The van der Waals surface area contributed by atoms with Crippen LogP contribution in [0.3, 0.4) is 0 Å². The second-order valence-electron chi connectivity index (χ2n) is 8.03. The average molecular weight is 286 g/mol. The SMILES string of the molecule is O=C1C2CCCCC2C2=NC3CCCC4CCCC(C43)N12. The van der Waals surface area contributed by atoms with E-state index in [-0.39, 0.29) is 5.92 Å². The van der Waals surface area contributed by atoms with Gasteiger partial charge in [0.2, 0.25) is 5.91 Å². The summed E-state index contributed by atoms with van der Waals surface area (Å²) in [5.41, 5.74) is 0. The number of carbonyl (C=O) groups is 1. The summed E-state index contributed by atoms with van der Waals surface area (Å²) in [6, 6.07) is 1.06. The highest BCUT2D eigenvalue weighted by Crippen LogP contribution is 2.50. The third-order valence-corrected chi connectivity index (χ3v) is 7.11. The molecule has 0 N–H and O–H groups in total. The molecule has 3 nitrogen and oxygen atoms in total. The fourth-order valence-corrected chi connectivity index (χ4v) is 6.30. The molecule has 0 radical (unpaired) electrons. The van der Waals surface area contributed by atoms with Crippen molar-refractivity contribution in [2.45, 2.75) is 76.3 Å². The zero-order valence-corrected chi connectivity index (χ0v) is 12.8. The molecule has 0 bridgehead atoms. The molecule has 0 aromatic heterocycles. The summed E-state index contributed by atoms with van der Waals surface area (Å²) in [6.45, 7) is 0. The van der Waals surface area contributed by atoms with Crippen molar-refractivity contribution in [2.24, 2.45) is 28.7 Å². The van der Waals surface area contributed by atoms with E-state index >= 15 is 0 Å². The molecule has 3 saturated carbocycles. The second-order valence-corrected chi connectivity index (χ2v) is 8.03. The Morgan fingerprint density at radius 2 is 1.62 bits per heavy atom. The first-order chi connectivity index (χ1) is 10.3. The van der Waals surface area contributed by atoms with Gasteiger partial charge in [-0.3, -0.25) is 14.7 Å². The first-order valence-corrected chi connectivity index (χ1v) is 9.25. The normalized spacial score (nSPS) is 48.3. The summed E-state index contributed by atoms with van der Waals surface area (Å²) in [6.07, 6.45) is 12.8. The average Bonchev–Trinajstić information content (AvgIpc) is 2.82. The molecule has 0 aromatic carbocycles. The lowest BCUT2D eigenvalue weighted by Crippen LogP contribution is -2.57. The number of fused-ring (bicyclic) bond motifs is 4. The van der Waals surface area contributed by atoms with Crippen LogP contribution in [0.1, 0.15) is 64.2 Å². The van der Waals surface area contributed by atoms with Crippen molar-refractivity contribution in [3.63, 3.8) is 0 Å². The number of hydrogen-bond donors (Lipinski definition) is 0. The van der Waals surface area contributed by atoms with E-state index in [0.29, 0.717) is 29.8 Å². The van der Waals surface area contributed by atoms with E-state index in [1.165, 1.54) is 63.6 Å². The lowest BCUT2D eigenvalue weighted by molar-refractivity contribution is -0.134. The molecule has 3 aliphatic carbocycles. The van der Waals surface area contributed by atoms with E-state index < -0.39 is 0 Å². The Labute approximate surface area is 127 Å². The minimum absolute atomic E-state index is 0.290. The number of amidine groups is 1. The minimum atomic E-state index is 0.290. The zero-order chi connectivity index (χ0) is 14.0. The standard InChI is InChI=1S/C18H26N2O/c21-18-13-8-2-1-7-12(13)17-19-14-9-3-5-11-6-4-10-15(16(11)14)20(17)18/h11-16H,1-10H2. The number of amides is 1. The number of hydrogen-bond acceptors (Lipinski definition) is 2. The van der Waals surface area contributed by atoms with Crippen LogP contribution in [0.25, 0.3) is 0 Å². The minimum Gasteiger partial charge on any atom is -0.297 e. The largest absolute Gasteiger partial charge is 0.297 e. The second kappa shape index (κ2) is 4.57. The molecule has 6 unspecified atom stereocenters. The molecule has 114 valence electrons. The van der Waals surface area contributed by atoms with Gasteiger partial charge in [0.25, 0.3) is 0 Å². The van der Waals surface area contributed by atoms with Crippen LogP contribution in [0.2, 0.25) is 0 Å². The highest BCUT2D eigenvalue weighted by molar-refractivity contribution is 6.08. The maximum Gasteiger partial charge on any atom is 0.232 e. The van der Waals surface area contributed by atoms with Crippen LogP contribution in [0.15, 0.2) is 4.99 Å². The van der Waals surface area contributed by atoms with Gasteiger partial charge in [0.05, 0.1) is 6.04 Å². The highest BCUT2D eigenvalue weighted by Gasteiger charge is 2.55. The zero-order valence-electron chi connectivity index (χ0n) is 12.8. The monoisotopic (exact) mass is 286 g/mol. The lowest BCUT2D eigenvalue weighted by Gasteiger charge is -2.51. The van der Waals surface area contributed by atoms with Crippen molar-refractivity contribution in [1.29, 1.82) is 0 Å². The summed E-state index contributed by atoms with van der Waals surface area (Å²) < 4.78 is 0. The molecule has 1 saturated heterocycles. The van der Waals surface area contributed by atoms with Crippen molar-refractivity contribution in [3.8, 4) is 0 Å². The van der Waals surface area contributed by atoms with E-state index in [1.54, 1.807) is 0 Å². The van der Waals surface area contributed by atoms with Crippen molar-refractivity contribution < 1.29 is 4.79 Å². The van der Waals surface area contributed by atoms with E-state index in [4.69, 9.17) is 4.99 Å². The smallest absolute Gasteiger partial charge is 0.232 e. The molecule has 2 aliphatic heterocycles. The summed E-state index contributed by atoms with van der Waals surface area (Å²) in [5.74, 6) is 4.00. The van der Waals surface area contributed by atoms with Crippen LogP contribution in [0, 0.1) is 23.7 Å². The molecule has 5 rings (SSSR count). The molecule has 21 heavy (non-hydrogen) atoms. The molecule has 0 aromatic rings. The number of rotatable bonds is 0. The van der Waals surface area contributed by atoms with Gasteiger partial charge >= 0.3 is 0 Å². The molecule has 2 heterocycles. The Kier molecular flexibility index (Phi) is 2.75. The summed E-state index contributed by atoms with van der Waals surface area (Å²) in [7, 11) is 0. The maximum atomic E-state index is 13.0. The van der Waals surface area contributed by atoms with Gasteiger partial charge in [-0.25, -0.2) is 0 Å². The molecular formula is C18H26N2O. The van der Waals surface area contributed by atoms with Gasteiger partial charge in [0.15, 0.2) is 0 Å². The van der Waals surface area contributed by atoms with Gasteiger partial charge in [0.1, 0.15) is 5.84 Å². The van der Waals surface area contributed by atoms with Crippen LogP contribution < -0.4 is 0 Å². The predicted octanol–water partition coefficient (Wildman–Crippen LogP) is 3.38. The number of nitrogens with zero attached hydrogens (tertiary/aromatic N) is 2. The van der Waals surface area contributed by atoms with Crippen LogP contribution >= 0.6 is 0 Å². The summed E-state index contributed by atoms with van der Waals surface area (Å²) in [5, 5.41) is 0. The van der Waals surface area contributed by atoms with E-state index in [1.807, 2.05) is 0 Å². The van der Waals surface area contributed by atoms with Crippen molar-refractivity contribution in [2.75, 3.05) is 0 Å². The van der Waals surface area contributed by atoms with Gasteiger partial charge < -0.3 is 0 Å². The summed E-state index contributed by atoms with van der Waals surface area (Å²) in [4.78, 5) is 20.4. The van der Waals surface area contributed by atoms with Gasteiger partial charge in [-0.1, -0.05) is 25.7 Å². The Morgan fingerprint density at radius 1 is 0.857 bits per heavy atom. The molecule has 5 aliphatic rings. The first-order valence-electron chi connectivity index (χ1n) is 9.25. The van der Waals surface area contributed by atoms with Crippen molar-refractivity contribution >= 4 is 11.7 Å². The van der Waals surface area contributed by atoms with Crippen molar-refractivity contribution in [1.82, 2.24) is 4.90 Å². The number of aliphatic imine (C=N–C) groups is 1. The Bertz CT molecular complexity index is 497. The first kappa shape index (κ1) is 12.7. The molecule has 3 heteroatoms. The molecule has 0 spiro atoms. The molecule has 6 atom stereocenters. The topological polar surface area (TPSA) is 32.7 Å². The maximum absolute atomic E-state index is 13.0. The Hall–Kier alpha value is -0.860. The number of carbonyl (C=O) groups excluding carboxylic acids is 1. The Balaban J connectivity index is 1.58. The third kappa shape index (κ3) is 1.66. The van der Waals surface area contributed by atoms with Crippen LogP contribution in [0.5, 0.6) is 0 Å². The Morgan fingerprint density at radius 3 is 2.48 bits per heavy atom. The molecule has 1 amide bonds. The van der Waals surface area contributed by atoms with Gasteiger partial charge in [-0.05, 0) is 44.4 Å². The van der Waals surface area contributed by atoms with Crippen LogP contribution in [-0.2, 0) is 4.79 Å². The van der Waals surface area contributed by atoms with E-state index in [0.717, 1.165) is 12.3 Å². The molecular weight excluding hydrogens is 260 g/mol. The van der Waals surface area contributed by atoms with Gasteiger partial charge in [0, 0.05) is 23.8 Å². The van der Waals surface area contributed by atoms with Crippen LogP contribution in [0.4, 0.5) is 0 Å². The van der Waals surface area contributed by atoms with Gasteiger partial charge in [-0.15, -0.1) is 0 Å². The predicted molar refractivity (Wildman–Crippen MR) is 82.0 cm³/mol. The fraction of sp³-hybridized carbons (Fsp3) is 0.889.